The molecule has 7 heteroatoms. The first kappa shape index (κ1) is 18.0. The van der Waals surface area contributed by atoms with Gasteiger partial charge in [-0.05, 0) is 42.0 Å². The normalized spacial score (nSPS) is 10.6. The van der Waals surface area contributed by atoms with Crippen LogP contribution in [-0.4, -0.2) is 18.5 Å². The van der Waals surface area contributed by atoms with Gasteiger partial charge < -0.3 is 10.1 Å². The van der Waals surface area contributed by atoms with E-state index in [1.807, 2.05) is 0 Å². The number of benzene rings is 2. The fourth-order valence-corrected chi connectivity index (χ4v) is 1.99. The highest BCUT2D eigenvalue weighted by molar-refractivity contribution is 6.42. The summed E-state index contributed by atoms with van der Waals surface area (Å²) >= 11 is 11.6. The average molecular weight is 368 g/mol. The third kappa shape index (κ3) is 5.68. The predicted molar refractivity (Wildman–Crippen MR) is 91.5 cm³/mol. The average Bonchev–Trinajstić information content (AvgIpc) is 2.56. The Hall–Kier alpha value is -2.37. The molecule has 0 unspecified atom stereocenters. The zero-order chi connectivity index (χ0) is 17.5. The largest absolute Gasteiger partial charge is 0.452 e. The summed E-state index contributed by atoms with van der Waals surface area (Å²) in [5.41, 5.74) is 1.07. The van der Waals surface area contributed by atoms with Gasteiger partial charge in [0.05, 0.1) is 10.0 Å². The Balaban J connectivity index is 1.81. The number of hydrogen-bond acceptors (Lipinski definition) is 3. The second-order valence-electron chi connectivity index (χ2n) is 4.67. The van der Waals surface area contributed by atoms with Gasteiger partial charge in [-0.3, -0.25) is 4.79 Å². The van der Waals surface area contributed by atoms with Gasteiger partial charge in [0, 0.05) is 11.8 Å². The number of amides is 1. The van der Waals surface area contributed by atoms with Crippen LogP contribution in [-0.2, 0) is 14.3 Å². The van der Waals surface area contributed by atoms with Crippen molar-refractivity contribution in [3.63, 3.8) is 0 Å². The molecule has 2 aromatic carbocycles. The van der Waals surface area contributed by atoms with Crippen LogP contribution in [0.4, 0.5) is 10.1 Å². The zero-order valence-electron chi connectivity index (χ0n) is 12.3. The van der Waals surface area contributed by atoms with Gasteiger partial charge in [0.15, 0.2) is 6.61 Å². The monoisotopic (exact) mass is 367 g/mol. The number of esters is 1. The summed E-state index contributed by atoms with van der Waals surface area (Å²) in [6.45, 7) is -0.452. The molecule has 0 atom stereocenters. The van der Waals surface area contributed by atoms with E-state index in [9.17, 15) is 14.0 Å². The topological polar surface area (TPSA) is 55.4 Å². The predicted octanol–water partition coefficient (Wildman–Crippen LogP) is 4.33. The Morgan fingerprint density at radius 2 is 1.79 bits per heavy atom. The highest BCUT2D eigenvalue weighted by Crippen LogP contribution is 2.24. The van der Waals surface area contributed by atoms with Gasteiger partial charge in [-0.25, -0.2) is 9.18 Å². The molecule has 1 amide bonds. The maximum Gasteiger partial charge on any atom is 0.331 e. The molecule has 4 nitrogen and oxygen atoms in total. The molecule has 0 aromatic heterocycles. The van der Waals surface area contributed by atoms with E-state index in [-0.39, 0.29) is 5.82 Å². The summed E-state index contributed by atoms with van der Waals surface area (Å²) in [7, 11) is 0. The van der Waals surface area contributed by atoms with Crippen molar-refractivity contribution in [2.75, 3.05) is 11.9 Å². The molecule has 0 radical (unpaired) electrons. The van der Waals surface area contributed by atoms with Gasteiger partial charge in [-0.2, -0.15) is 0 Å². The van der Waals surface area contributed by atoms with Crippen LogP contribution in [0.1, 0.15) is 5.56 Å². The summed E-state index contributed by atoms with van der Waals surface area (Å²) in [4.78, 5) is 23.2. The van der Waals surface area contributed by atoms with Crippen LogP contribution in [0.5, 0.6) is 0 Å². The van der Waals surface area contributed by atoms with Crippen molar-refractivity contribution in [2.24, 2.45) is 0 Å². The van der Waals surface area contributed by atoms with Gasteiger partial charge in [0.2, 0.25) is 0 Å². The van der Waals surface area contributed by atoms with E-state index in [4.69, 9.17) is 27.9 Å². The van der Waals surface area contributed by atoms with Crippen molar-refractivity contribution < 1.29 is 18.7 Å². The molecule has 124 valence electrons. The Morgan fingerprint density at radius 1 is 1.08 bits per heavy atom. The van der Waals surface area contributed by atoms with E-state index in [0.29, 0.717) is 21.3 Å². The van der Waals surface area contributed by atoms with Crippen LogP contribution in [0, 0.1) is 5.82 Å². The van der Waals surface area contributed by atoms with Crippen LogP contribution in [0.3, 0.4) is 0 Å². The summed E-state index contributed by atoms with van der Waals surface area (Å²) < 4.78 is 17.5. The number of anilines is 1. The lowest BCUT2D eigenvalue weighted by atomic mass is 10.2. The van der Waals surface area contributed by atoms with E-state index in [1.54, 1.807) is 6.07 Å². The molecule has 1 N–H and O–H groups in total. The van der Waals surface area contributed by atoms with Gasteiger partial charge in [-0.15, -0.1) is 0 Å². The van der Waals surface area contributed by atoms with E-state index in [2.05, 4.69) is 5.32 Å². The molecule has 0 bridgehead atoms. The number of hydrogen-bond donors (Lipinski definition) is 1. The molecule has 2 rings (SSSR count). The molecule has 0 spiro atoms. The van der Waals surface area contributed by atoms with Crippen LogP contribution in [0.25, 0.3) is 6.08 Å². The van der Waals surface area contributed by atoms with Crippen molar-refractivity contribution in [2.45, 2.75) is 0 Å². The number of carbonyl (C=O) groups excluding carboxylic acids is 2. The van der Waals surface area contributed by atoms with Gasteiger partial charge in [0.25, 0.3) is 5.91 Å². The van der Waals surface area contributed by atoms with Crippen molar-refractivity contribution in [3.8, 4) is 0 Å². The quantitative estimate of drug-likeness (QED) is 0.632. The van der Waals surface area contributed by atoms with Crippen molar-refractivity contribution >= 4 is 46.8 Å². The number of rotatable bonds is 5. The molecular weight excluding hydrogens is 356 g/mol. The fourth-order valence-electron chi connectivity index (χ4n) is 1.69. The smallest absolute Gasteiger partial charge is 0.331 e. The van der Waals surface area contributed by atoms with Crippen molar-refractivity contribution in [1.82, 2.24) is 0 Å². The minimum Gasteiger partial charge on any atom is -0.452 e. The minimum absolute atomic E-state index is 0.300. The van der Waals surface area contributed by atoms with Gasteiger partial charge >= 0.3 is 5.97 Å². The van der Waals surface area contributed by atoms with E-state index < -0.39 is 18.5 Å². The first-order valence-electron chi connectivity index (χ1n) is 6.79. The highest BCUT2D eigenvalue weighted by Gasteiger charge is 2.07. The number of ether oxygens (including phenoxy) is 1. The van der Waals surface area contributed by atoms with Gasteiger partial charge in [-0.1, -0.05) is 35.3 Å². The molecule has 0 heterocycles. The van der Waals surface area contributed by atoms with Crippen molar-refractivity contribution in [3.05, 3.63) is 70.0 Å². The third-order valence-electron chi connectivity index (χ3n) is 2.83. The maximum absolute atomic E-state index is 12.7. The van der Waals surface area contributed by atoms with Crippen LogP contribution in [0.15, 0.2) is 48.5 Å². The Bertz CT molecular complexity index is 776. The second kappa shape index (κ2) is 8.47. The molecule has 0 saturated carbocycles. The summed E-state index contributed by atoms with van der Waals surface area (Å²) in [6, 6.07) is 10.2. The summed E-state index contributed by atoms with van der Waals surface area (Å²) in [5.74, 6) is -1.57. The molecule has 0 saturated heterocycles. The van der Waals surface area contributed by atoms with Gasteiger partial charge in [0.1, 0.15) is 5.82 Å². The number of halogens is 3. The standard InChI is InChI=1S/C17H12Cl2FNO3/c18-14-7-6-13(9-15(14)19)21-16(22)10-24-17(23)8-3-11-1-4-12(20)5-2-11/h1-9H,10H2,(H,21,22)/b8-3+. The van der Waals surface area contributed by atoms with E-state index in [1.165, 1.54) is 42.5 Å². The second-order valence-corrected chi connectivity index (χ2v) is 5.48. The lowest BCUT2D eigenvalue weighted by molar-refractivity contribution is -0.142. The van der Waals surface area contributed by atoms with Crippen LogP contribution >= 0.6 is 23.2 Å². The molecule has 0 aliphatic heterocycles. The molecule has 2 aromatic rings. The third-order valence-corrected chi connectivity index (χ3v) is 3.57. The Kier molecular flexibility index (Phi) is 6.35. The minimum atomic E-state index is -0.691. The Labute approximate surface area is 147 Å². The molecule has 0 fully saturated rings. The molecular formula is C17H12Cl2FNO3. The van der Waals surface area contributed by atoms with Crippen LogP contribution < -0.4 is 5.32 Å². The molecule has 0 aliphatic carbocycles. The lowest BCUT2D eigenvalue weighted by Crippen LogP contribution is -2.20. The lowest BCUT2D eigenvalue weighted by Gasteiger charge is -2.06. The maximum atomic E-state index is 12.7. The van der Waals surface area contributed by atoms with E-state index >= 15 is 0 Å². The summed E-state index contributed by atoms with van der Waals surface area (Å²) in [6.07, 6.45) is 2.61. The first-order chi connectivity index (χ1) is 11.4. The summed E-state index contributed by atoms with van der Waals surface area (Å²) in [5, 5.41) is 3.19. The Morgan fingerprint density at radius 3 is 2.46 bits per heavy atom. The van der Waals surface area contributed by atoms with Crippen LogP contribution in [0.2, 0.25) is 10.0 Å². The highest BCUT2D eigenvalue weighted by atomic mass is 35.5. The molecule has 0 aliphatic rings. The fraction of sp³-hybridized carbons (Fsp3) is 0.0588. The zero-order valence-corrected chi connectivity index (χ0v) is 13.8. The SMILES string of the molecule is O=C(COC(=O)/C=C/c1ccc(F)cc1)Nc1ccc(Cl)c(Cl)c1. The molecule has 24 heavy (non-hydrogen) atoms. The van der Waals surface area contributed by atoms with E-state index in [0.717, 1.165) is 6.08 Å². The first-order valence-corrected chi connectivity index (χ1v) is 7.55. The number of carbonyl (C=O) groups is 2. The number of nitrogens with one attached hydrogen (secondary N) is 1. The van der Waals surface area contributed by atoms with Crippen molar-refractivity contribution in [1.29, 1.82) is 0 Å².